The molecule has 0 aromatic heterocycles. The molecular weight excluding hydrogens is 346 g/mol. The Bertz CT molecular complexity index is 317. The third-order valence-electron chi connectivity index (χ3n) is 5.93. The van der Waals surface area contributed by atoms with Gasteiger partial charge in [0.2, 0.25) is 0 Å². The van der Waals surface area contributed by atoms with Gasteiger partial charge in [-0.3, -0.25) is 4.79 Å². The van der Waals surface area contributed by atoms with Crippen molar-refractivity contribution in [2.45, 2.75) is 142 Å². The largest absolute Gasteiger partial charge is 0.481 e. The Morgan fingerprint density at radius 1 is 0.643 bits per heavy atom. The predicted molar refractivity (Wildman–Crippen MR) is 123 cm³/mol. The van der Waals surface area contributed by atoms with Crippen LogP contribution in [0, 0.1) is 0 Å². The van der Waals surface area contributed by atoms with Crippen LogP contribution in [0.2, 0.25) is 0 Å². The summed E-state index contributed by atoms with van der Waals surface area (Å²) in [4.78, 5) is 13.7. The van der Waals surface area contributed by atoms with Gasteiger partial charge in [-0.2, -0.15) is 0 Å². The van der Waals surface area contributed by atoms with Gasteiger partial charge in [-0.15, -0.1) is 0 Å². The minimum atomic E-state index is -0.646. The minimum Gasteiger partial charge on any atom is -0.481 e. The molecule has 168 valence electrons. The molecule has 3 heteroatoms. The van der Waals surface area contributed by atoms with Gasteiger partial charge in [0.05, 0.1) is 0 Å². The molecule has 1 atom stereocenters. The van der Waals surface area contributed by atoms with Gasteiger partial charge in [0.15, 0.2) is 0 Å². The number of carbonyl (C=O) groups is 1. The monoisotopic (exact) mass is 397 g/mol. The zero-order valence-electron chi connectivity index (χ0n) is 19.5. The van der Waals surface area contributed by atoms with Crippen molar-refractivity contribution in [3.8, 4) is 0 Å². The quantitative estimate of drug-likeness (QED) is 0.189. The van der Waals surface area contributed by atoms with Crippen LogP contribution in [-0.4, -0.2) is 35.1 Å². The number of hydrogen-bond acceptors (Lipinski definition) is 2. The molecule has 0 bridgehead atoms. The van der Waals surface area contributed by atoms with Crippen molar-refractivity contribution in [2.75, 3.05) is 13.1 Å². The van der Waals surface area contributed by atoms with Crippen LogP contribution in [0.3, 0.4) is 0 Å². The number of unbranched alkanes of at least 4 members (excludes halogenated alkanes) is 11. The van der Waals surface area contributed by atoms with E-state index in [1.807, 2.05) is 0 Å². The zero-order valence-corrected chi connectivity index (χ0v) is 19.5. The molecule has 0 aliphatic carbocycles. The molecule has 1 unspecified atom stereocenters. The Morgan fingerprint density at radius 2 is 1.07 bits per heavy atom. The average molecular weight is 398 g/mol. The molecule has 0 saturated heterocycles. The molecular formula is C25H51NO2. The second-order valence-corrected chi connectivity index (χ2v) is 8.65. The van der Waals surface area contributed by atoms with Crippen molar-refractivity contribution in [3.63, 3.8) is 0 Å². The minimum absolute atomic E-state index is 0.324. The van der Waals surface area contributed by atoms with E-state index in [9.17, 15) is 4.79 Å². The van der Waals surface area contributed by atoms with E-state index in [-0.39, 0.29) is 0 Å². The van der Waals surface area contributed by atoms with Crippen molar-refractivity contribution in [3.05, 3.63) is 0 Å². The number of aliphatic carboxylic acids is 1. The lowest BCUT2D eigenvalue weighted by atomic mass is 10.00. The third-order valence-corrected chi connectivity index (χ3v) is 5.93. The van der Waals surface area contributed by atoms with E-state index >= 15 is 0 Å². The summed E-state index contributed by atoms with van der Waals surface area (Å²) in [5.41, 5.74) is 0. The molecule has 28 heavy (non-hydrogen) atoms. The molecule has 0 saturated carbocycles. The summed E-state index contributed by atoms with van der Waals surface area (Å²) in [6.07, 6.45) is 22.1. The normalized spacial score (nSPS) is 12.6. The lowest BCUT2D eigenvalue weighted by Crippen LogP contribution is -2.37. The van der Waals surface area contributed by atoms with Gasteiger partial charge in [0.25, 0.3) is 0 Å². The molecule has 0 aliphatic rings. The third kappa shape index (κ3) is 17.5. The Morgan fingerprint density at radius 3 is 1.54 bits per heavy atom. The highest BCUT2D eigenvalue weighted by Crippen LogP contribution is 2.19. The standard InChI is InChI=1S/C25H51NO2/c1-4-7-10-12-14-16-22-26(23-17-15-13-11-8-5-2)24(19-9-6-3)20-18-21-25(27)28/h24H,4-23H2,1-3H3,(H,27,28). The van der Waals surface area contributed by atoms with Crippen LogP contribution in [0.5, 0.6) is 0 Å². The fourth-order valence-electron chi connectivity index (χ4n) is 4.11. The first kappa shape index (κ1) is 27.4. The summed E-state index contributed by atoms with van der Waals surface area (Å²) in [5.74, 6) is -0.646. The first-order valence-corrected chi connectivity index (χ1v) is 12.6. The number of carboxylic acid groups (broad SMARTS) is 1. The number of hydrogen-bond donors (Lipinski definition) is 1. The summed E-state index contributed by atoms with van der Waals surface area (Å²) in [7, 11) is 0. The lowest BCUT2D eigenvalue weighted by Gasteiger charge is -2.32. The summed E-state index contributed by atoms with van der Waals surface area (Å²) >= 11 is 0. The van der Waals surface area contributed by atoms with Crippen molar-refractivity contribution >= 4 is 5.97 Å². The number of nitrogens with zero attached hydrogens (tertiary/aromatic N) is 1. The van der Waals surface area contributed by atoms with Gasteiger partial charge < -0.3 is 10.0 Å². The van der Waals surface area contributed by atoms with Crippen molar-refractivity contribution in [2.24, 2.45) is 0 Å². The second-order valence-electron chi connectivity index (χ2n) is 8.65. The van der Waals surface area contributed by atoms with Gasteiger partial charge in [-0.25, -0.2) is 0 Å². The van der Waals surface area contributed by atoms with E-state index in [2.05, 4.69) is 25.7 Å². The maximum atomic E-state index is 10.9. The number of rotatable bonds is 22. The summed E-state index contributed by atoms with van der Waals surface area (Å²) in [6.45, 7) is 9.24. The summed E-state index contributed by atoms with van der Waals surface area (Å²) in [5, 5.41) is 9.02. The summed E-state index contributed by atoms with van der Waals surface area (Å²) in [6, 6.07) is 0.589. The van der Waals surface area contributed by atoms with Gasteiger partial charge in [-0.1, -0.05) is 97.8 Å². The maximum absolute atomic E-state index is 10.9. The molecule has 0 amide bonds. The van der Waals surface area contributed by atoms with Gasteiger partial charge in [0.1, 0.15) is 0 Å². The fraction of sp³-hybridized carbons (Fsp3) is 0.960. The molecule has 1 N–H and O–H groups in total. The van der Waals surface area contributed by atoms with Gasteiger partial charge in [-0.05, 0) is 45.2 Å². The van der Waals surface area contributed by atoms with E-state index in [1.54, 1.807) is 0 Å². The highest BCUT2D eigenvalue weighted by molar-refractivity contribution is 5.66. The molecule has 0 fully saturated rings. The van der Waals surface area contributed by atoms with Crippen LogP contribution < -0.4 is 0 Å². The van der Waals surface area contributed by atoms with E-state index in [1.165, 1.54) is 109 Å². The molecule has 0 heterocycles. The topological polar surface area (TPSA) is 40.5 Å². The molecule has 0 aromatic carbocycles. The predicted octanol–water partition coefficient (Wildman–Crippen LogP) is 7.82. The van der Waals surface area contributed by atoms with Crippen LogP contribution >= 0.6 is 0 Å². The molecule has 0 radical (unpaired) electrons. The van der Waals surface area contributed by atoms with Crippen LogP contribution in [0.15, 0.2) is 0 Å². The Kier molecular flexibility index (Phi) is 20.7. The fourth-order valence-corrected chi connectivity index (χ4v) is 4.11. The van der Waals surface area contributed by atoms with Gasteiger partial charge in [0, 0.05) is 12.5 Å². The molecule has 0 rings (SSSR count). The highest BCUT2D eigenvalue weighted by atomic mass is 16.4. The average Bonchev–Trinajstić information content (AvgIpc) is 2.68. The SMILES string of the molecule is CCCCCCCCN(CCCCCCCC)C(CCCC)CCCC(=O)O. The van der Waals surface area contributed by atoms with Crippen molar-refractivity contribution in [1.82, 2.24) is 4.90 Å². The molecule has 0 aromatic rings. The Balaban J connectivity index is 4.48. The Labute approximate surface area is 176 Å². The number of carboxylic acids is 1. The smallest absolute Gasteiger partial charge is 0.303 e. The lowest BCUT2D eigenvalue weighted by molar-refractivity contribution is -0.137. The van der Waals surface area contributed by atoms with E-state index in [4.69, 9.17) is 5.11 Å². The van der Waals surface area contributed by atoms with E-state index < -0.39 is 5.97 Å². The van der Waals surface area contributed by atoms with Crippen LogP contribution in [0.1, 0.15) is 136 Å². The van der Waals surface area contributed by atoms with Crippen LogP contribution in [0.4, 0.5) is 0 Å². The highest BCUT2D eigenvalue weighted by Gasteiger charge is 2.18. The molecule has 0 aliphatic heterocycles. The van der Waals surface area contributed by atoms with Crippen molar-refractivity contribution in [1.29, 1.82) is 0 Å². The maximum Gasteiger partial charge on any atom is 0.303 e. The zero-order chi connectivity index (χ0) is 20.9. The first-order valence-electron chi connectivity index (χ1n) is 12.6. The van der Waals surface area contributed by atoms with E-state index in [0.29, 0.717) is 12.5 Å². The Hall–Kier alpha value is -0.570. The van der Waals surface area contributed by atoms with Gasteiger partial charge >= 0.3 is 5.97 Å². The molecule has 0 spiro atoms. The summed E-state index contributed by atoms with van der Waals surface area (Å²) < 4.78 is 0. The second kappa shape index (κ2) is 21.1. The first-order chi connectivity index (χ1) is 13.7. The van der Waals surface area contributed by atoms with Crippen LogP contribution in [0.25, 0.3) is 0 Å². The molecule has 3 nitrogen and oxygen atoms in total. The van der Waals surface area contributed by atoms with Crippen LogP contribution in [-0.2, 0) is 4.79 Å². The van der Waals surface area contributed by atoms with Crippen molar-refractivity contribution < 1.29 is 9.90 Å². The van der Waals surface area contributed by atoms with E-state index in [0.717, 1.165) is 12.8 Å².